The first-order valence-electron chi connectivity index (χ1n) is 7.00. The van der Waals surface area contributed by atoms with Gasteiger partial charge in [0.15, 0.2) is 6.61 Å². The van der Waals surface area contributed by atoms with Crippen LogP contribution < -0.4 is 10.1 Å². The van der Waals surface area contributed by atoms with Crippen LogP contribution in [0.15, 0.2) is 39.3 Å². The number of carboxylic acids is 1. The van der Waals surface area contributed by atoms with Gasteiger partial charge in [-0.3, -0.25) is 4.79 Å². The van der Waals surface area contributed by atoms with Gasteiger partial charge in [0.1, 0.15) is 5.75 Å². The highest BCUT2D eigenvalue weighted by Crippen LogP contribution is 2.32. The number of hydrogen-bond donors (Lipinski definition) is 2. The second-order valence-electron chi connectivity index (χ2n) is 5.21. The third-order valence-electron chi connectivity index (χ3n) is 3.29. The lowest BCUT2D eigenvalue weighted by atomic mass is 10.1. The molecule has 5 nitrogen and oxygen atoms in total. The number of aryl methyl sites for hydroxylation is 2. The molecule has 2 N–H and O–H groups in total. The molecule has 0 atom stereocenters. The number of carbonyl (C=O) groups excluding carboxylic acids is 1. The summed E-state index contributed by atoms with van der Waals surface area (Å²) >= 11 is 6.79. The van der Waals surface area contributed by atoms with Gasteiger partial charge in [0.2, 0.25) is 0 Å². The molecule has 2 aromatic carbocycles. The predicted molar refractivity (Wildman–Crippen MR) is 98.8 cm³/mol. The first-order valence-corrected chi connectivity index (χ1v) is 8.58. The van der Waals surface area contributed by atoms with E-state index in [-0.39, 0.29) is 18.1 Å². The van der Waals surface area contributed by atoms with Gasteiger partial charge in [-0.1, -0.05) is 15.9 Å². The molecule has 0 saturated carbocycles. The third kappa shape index (κ3) is 4.58. The number of benzene rings is 2. The van der Waals surface area contributed by atoms with Crippen molar-refractivity contribution < 1.29 is 19.4 Å². The Bertz CT molecular complexity index is 782. The van der Waals surface area contributed by atoms with E-state index in [1.807, 2.05) is 19.1 Å². The molecule has 0 fully saturated rings. The van der Waals surface area contributed by atoms with E-state index in [1.165, 1.54) is 12.1 Å². The fourth-order valence-electron chi connectivity index (χ4n) is 2.13. The number of anilines is 1. The number of carboxylic acid groups (broad SMARTS) is 1. The minimum Gasteiger partial charge on any atom is -0.482 e. The van der Waals surface area contributed by atoms with E-state index in [2.05, 4.69) is 37.2 Å². The number of amides is 1. The van der Waals surface area contributed by atoms with Crippen molar-refractivity contribution in [1.29, 1.82) is 0 Å². The Balaban J connectivity index is 2.03. The second-order valence-corrected chi connectivity index (χ2v) is 6.98. The average Bonchev–Trinajstić information content (AvgIpc) is 2.48. The van der Waals surface area contributed by atoms with E-state index in [4.69, 9.17) is 9.84 Å². The first kappa shape index (κ1) is 18.5. The highest BCUT2D eigenvalue weighted by Gasteiger charge is 2.12. The van der Waals surface area contributed by atoms with Crippen molar-refractivity contribution in [1.82, 2.24) is 0 Å². The molecule has 2 rings (SSSR count). The lowest BCUT2D eigenvalue weighted by molar-refractivity contribution is -0.118. The lowest BCUT2D eigenvalue weighted by Gasteiger charge is -2.13. The van der Waals surface area contributed by atoms with Crippen molar-refractivity contribution in [2.75, 3.05) is 11.9 Å². The molecule has 7 heteroatoms. The SMILES string of the molecule is Cc1cc(C(=O)O)ccc1NC(=O)COc1c(C)cc(Br)cc1Br. The maximum absolute atomic E-state index is 12.1. The van der Waals surface area contributed by atoms with E-state index in [0.29, 0.717) is 17.0 Å². The molecule has 0 saturated heterocycles. The summed E-state index contributed by atoms with van der Waals surface area (Å²) in [5, 5.41) is 11.7. The van der Waals surface area contributed by atoms with Crippen LogP contribution in [0.2, 0.25) is 0 Å². The van der Waals surface area contributed by atoms with Crippen molar-refractivity contribution in [3.8, 4) is 5.75 Å². The van der Waals surface area contributed by atoms with Gasteiger partial charge in [0, 0.05) is 10.2 Å². The van der Waals surface area contributed by atoms with Gasteiger partial charge in [-0.15, -0.1) is 0 Å². The molecular weight excluding hydrogens is 442 g/mol. The van der Waals surface area contributed by atoms with Crippen LogP contribution in [0.4, 0.5) is 5.69 Å². The zero-order chi connectivity index (χ0) is 17.9. The van der Waals surface area contributed by atoms with Crippen LogP contribution in [0, 0.1) is 13.8 Å². The van der Waals surface area contributed by atoms with Gasteiger partial charge < -0.3 is 15.2 Å². The Kier molecular flexibility index (Phi) is 6.01. The smallest absolute Gasteiger partial charge is 0.335 e. The highest BCUT2D eigenvalue weighted by molar-refractivity contribution is 9.11. The third-order valence-corrected chi connectivity index (χ3v) is 4.34. The quantitative estimate of drug-likeness (QED) is 0.692. The molecule has 0 unspecified atom stereocenters. The van der Waals surface area contributed by atoms with Crippen molar-refractivity contribution in [3.63, 3.8) is 0 Å². The number of ether oxygens (including phenoxy) is 1. The highest BCUT2D eigenvalue weighted by atomic mass is 79.9. The fraction of sp³-hybridized carbons (Fsp3) is 0.176. The first-order chi connectivity index (χ1) is 11.3. The summed E-state index contributed by atoms with van der Waals surface area (Å²) in [6, 6.07) is 8.26. The number of hydrogen-bond acceptors (Lipinski definition) is 3. The summed E-state index contributed by atoms with van der Waals surface area (Å²) in [7, 11) is 0. The molecule has 0 aromatic heterocycles. The zero-order valence-electron chi connectivity index (χ0n) is 13.0. The summed E-state index contributed by atoms with van der Waals surface area (Å²) < 4.78 is 7.25. The minimum atomic E-state index is -1.00. The Labute approximate surface area is 156 Å². The average molecular weight is 457 g/mol. The maximum atomic E-state index is 12.1. The molecule has 0 heterocycles. The molecule has 126 valence electrons. The predicted octanol–water partition coefficient (Wildman–Crippen LogP) is 4.54. The van der Waals surface area contributed by atoms with E-state index in [0.717, 1.165) is 14.5 Å². The number of rotatable bonds is 5. The van der Waals surface area contributed by atoms with Gasteiger partial charge in [-0.2, -0.15) is 0 Å². The number of nitrogens with one attached hydrogen (secondary N) is 1. The van der Waals surface area contributed by atoms with Crippen LogP contribution in [0.3, 0.4) is 0 Å². The topological polar surface area (TPSA) is 75.6 Å². The van der Waals surface area contributed by atoms with Crippen molar-refractivity contribution in [3.05, 3.63) is 56.0 Å². The molecular formula is C17H15Br2NO4. The van der Waals surface area contributed by atoms with Crippen molar-refractivity contribution in [2.45, 2.75) is 13.8 Å². The van der Waals surface area contributed by atoms with Crippen LogP contribution in [-0.4, -0.2) is 23.6 Å². The Morgan fingerprint density at radius 2 is 1.83 bits per heavy atom. The van der Waals surface area contributed by atoms with Gasteiger partial charge in [0.05, 0.1) is 10.0 Å². The maximum Gasteiger partial charge on any atom is 0.335 e. The molecule has 0 aliphatic rings. The normalized spacial score (nSPS) is 10.3. The van der Waals surface area contributed by atoms with Gasteiger partial charge in [-0.25, -0.2) is 4.79 Å². The Morgan fingerprint density at radius 3 is 2.42 bits per heavy atom. The zero-order valence-corrected chi connectivity index (χ0v) is 16.2. The molecule has 0 spiro atoms. The van der Waals surface area contributed by atoms with E-state index in [9.17, 15) is 9.59 Å². The Hall–Kier alpha value is -1.86. The van der Waals surface area contributed by atoms with Crippen LogP contribution in [0.1, 0.15) is 21.5 Å². The van der Waals surface area contributed by atoms with E-state index < -0.39 is 5.97 Å². The summed E-state index contributed by atoms with van der Waals surface area (Å²) in [6.45, 7) is 3.47. The van der Waals surface area contributed by atoms with Crippen molar-refractivity contribution in [2.24, 2.45) is 0 Å². The standard InChI is InChI=1S/C17H15Br2NO4/c1-9-5-11(17(22)23)3-4-14(9)20-15(21)8-24-16-10(2)6-12(18)7-13(16)19/h3-7H,8H2,1-2H3,(H,20,21)(H,22,23). The fourth-order valence-corrected chi connectivity index (χ4v) is 3.69. The van der Waals surface area contributed by atoms with Crippen LogP contribution in [-0.2, 0) is 4.79 Å². The minimum absolute atomic E-state index is 0.152. The summed E-state index contributed by atoms with van der Waals surface area (Å²) in [5.74, 6) is -0.725. The Morgan fingerprint density at radius 1 is 1.12 bits per heavy atom. The van der Waals surface area contributed by atoms with Crippen LogP contribution in [0.5, 0.6) is 5.75 Å². The number of halogens is 2. The van der Waals surface area contributed by atoms with Crippen LogP contribution in [0.25, 0.3) is 0 Å². The number of aromatic carboxylic acids is 1. The van der Waals surface area contributed by atoms with E-state index >= 15 is 0 Å². The largest absolute Gasteiger partial charge is 0.482 e. The van der Waals surface area contributed by atoms with Gasteiger partial charge >= 0.3 is 5.97 Å². The van der Waals surface area contributed by atoms with E-state index in [1.54, 1.807) is 13.0 Å². The van der Waals surface area contributed by atoms with Crippen molar-refractivity contribution >= 4 is 49.4 Å². The van der Waals surface area contributed by atoms with Gasteiger partial charge in [0.25, 0.3) is 5.91 Å². The summed E-state index contributed by atoms with van der Waals surface area (Å²) in [6.07, 6.45) is 0. The lowest BCUT2D eigenvalue weighted by Crippen LogP contribution is -2.21. The second kappa shape index (κ2) is 7.81. The molecule has 0 radical (unpaired) electrons. The summed E-state index contributed by atoms with van der Waals surface area (Å²) in [5.41, 5.74) is 2.30. The molecule has 1 amide bonds. The molecule has 0 aliphatic carbocycles. The molecule has 0 bridgehead atoms. The monoisotopic (exact) mass is 455 g/mol. The van der Waals surface area contributed by atoms with Gasteiger partial charge in [-0.05, 0) is 71.2 Å². The summed E-state index contributed by atoms with van der Waals surface area (Å²) in [4.78, 5) is 23.0. The molecule has 24 heavy (non-hydrogen) atoms. The molecule has 2 aromatic rings. The molecule has 0 aliphatic heterocycles. The number of carbonyl (C=O) groups is 2. The van der Waals surface area contributed by atoms with Crippen LogP contribution >= 0.6 is 31.9 Å².